The minimum atomic E-state index is -0.813. The van der Waals surface area contributed by atoms with E-state index in [0.717, 1.165) is 27.5 Å². The number of methoxy groups -OCH3 is 1. The topological polar surface area (TPSA) is 55.4 Å². The second-order valence-electron chi connectivity index (χ2n) is 8.48. The molecular formula is C30H25NO3. The highest BCUT2D eigenvalue weighted by Gasteiger charge is 2.38. The Labute approximate surface area is 198 Å². The molecule has 0 aliphatic carbocycles. The zero-order valence-corrected chi connectivity index (χ0v) is 18.9. The second kappa shape index (κ2) is 9.36. The highest BCUT2D eigenvalue weighted by molar-refractivity contribution is 6.09. The normalized spacial score (nSPS) is 17.7. The van der Waals surface area contributed by atoms with Gasteiger partial charge in [0.2, 0.25) is 5.91 Å². The minimum Gasteiger partial charge on any atom is -0.496 e. The van der Waals surface area contributed by atoms with E-state index < -0.39 is 5.92 Å². The van der Waals surface area contributed by atoms with E-state index in [-0.39, 0.29) is 24.0 Å². The first kappa shape index (κ1) is 21.7. The van der Waals surface area contributed by atoms with Crippen LogP contribution in [0.15, 0.2) is 103 Å². The van der Waals surface area contributed by atoms with Crippen LogP contribution in [0.1, 0.15) is 22.6 Å². The average molecular weight is 448 g/mol. The first-order valence-electron chi connectivity index (χ1n) is 11.4. The molecule has 0 bridgehead atoms. The first-order valence-corrected chi connectivity index (χ1v) is 11.4. The number of carbonyl (C=O) groups excluding carboxylic acids is 2. The van der Waals surface area contributed by atoms with Crippen molar-refractivity contribution in [3.8, 4) is 5.75 Å². The summed E-state index contributed by atoms with van der Waals surface area (Å²) in [6.45, 7) is 0. The standard InChI is InChI=1S/C30H25NO3/c1-34-27-17-16-22-14-8-9-15-23(22)28(27)25-19-24(21-12-6-3-7-13-21)29(30(33)31-25)26(32)18-20-10-4-2-5-11-20/h2-17,19,24,29H,18H2,1H3,(H,31,33). The Morgan fingerprint density at radius 1 is 0.853 bits per heavy atom. The Bertz CT molecular complexity index is 1380. The summed E-state index contributed by atoms with van der Waals surface area (Å²) in [5, 5.41) is 5.07. The van der Waals surface area contributed by atoms with Gasteiger partial charge in [0.25, 0.3) is 0 Å². The summed E-state index contributed by atoms with van der Waals surface area (Å²) >= 11 is 0. The largest absolute Gasteiger partial charge is 0.496 e. The van der Waals surface area contributed by atoms with Crippen molar-refractivity contribution in [1.29, 1.82) is 0 Å². The maximum atomic E-state index is 13.5. The highest BCUT2D eigenvalue weighted by atomic mass is 16.5. The number of ketones is 1. The van der Waals surface area contributed by atoms with Crippen molar-refractivity contribution in [2.75, 3.05) is 7.11 Å². The number of hydrogen-bond donors (Lipinski definition) is 1. The van der Waals surface area contributed by atoms with Crippen LogP contribution in [0, 0.1) is 5.92 Å². The molecule has 1 aliphatic rings. The number of ether oxygens (including phenoxy) is 1. The van der Waals surface area contributed by atoms with E-state index in [4.69, 9.17) is 4.74 Å². The second-order valence-corrected chi connectivity index (χ2v) is 8.48. The molecule has 1 heterocycles. The van der Waals surface area contributed by atoms with Crippen molar-refractivity contribution >= 4 is 28.2 Å². The van der Waals surface area contributed by atoms with Gasteiger partial charge in [0, 0.05) is 23.6 Å². The summed E-state index contributed by atoms with van der Waals surface area (Å²) in [6, 6.07) is 31.2. The SMILES string of the molecule is COc1ccc2ccccc2c1C1=CC(c2ccccc2)C(C(=O)Cc2ccccc2)C(=O)N1. The maximum absolute atomic E-state index is 13.5. The maximum Gasteiger partial charge on any atom is 0.235 e. The number of Topliss-reactive ketones (excluding diaryl/α,β-unsaturated/α-hetero) is 1. The predicted octanol–water partition coefficient (Wildman–Crippen LogP) is 5.53. The molecule has 2 atom stereocenters. The van der Waals surface area contributed by atoms with Gasteiger partial charge in [-0.25, -0.2) is 0 Å². The Hall–Kier alpha value is -4.18. The quantitative estimate of drug-likeness (QED) is 0.396. The van der Waals surface area contributed by atoms with E-state index in [1.807, 2.05) is 103 Å². The lowest BCUT2D eigenvalue weighted by molar-refractivity contribution is -0.133. The third-order valence-corrected chi connectivity index (χ3v) is 6.38. The highest BCUT2D eigenvalue weighted by Crippen LogP contribution is 2.39. The molecule has 4 heteroatoms. The van der Waals surface area contributed by atoms with Crippen LogP contribution >= 0.6 is 0 Å². The van der Waals surface area contributed by atoms with Gasteiger partial charge in [-0.15, -0.1) is 0 Å². The van der Waals surface area contributed by atoms with E-state index in [9.17, 15) is 9.59 Å². The number of benzene rings is 4. The summed E-state index contributed by atoms with van der Waals surface area (Å²) in [5.41, 5.74) is 3.32. The van der Waals surface area contributed by atoms with Gasteiger partial charge in [-0.05, 0) is 28.0 Å². The van der Waals surface area contributed by atoms with Gasteiger partial charge in [-0.1, -0.05) is 97.1 Å². The molecule has 0 spiro atoms. The fourth-order valence-corrected chi connectivity index (χ4v) is 4.75. The van der Waals surface area contributed by atoms with Crippen LogP contribution in [-0.4, -0.2) is 18.8 Å². The fraction of sp³-hybridized carbons (Fsp3) is 0.133. The molecule has 34 heavy (non-hydrogen) atoms. The summed E-state index contributed by atoms with van der Waals surface area (Å²) in [6.07, 6.45) is 2.22. The lowest BCUT2D eigenvalue weighted by atomic mass is 9.77. The van der Waals surface area contributed by atoms with Gasteiger partial charge in [0.05, 0.1) is 7.11 Å². The zero-order chi connectivity index (χ0) is 23.5. The number of amides is 1. The molecule has 1 N–H and O–H groups in total. The molecular weight excluding hydrogens is 422 g/mol. The molecule has 4 nitrogen and oxygen atoms in total. The van der Waals surface area contributed by atoms with Gasteiger partial charge in [0.1, 0.15) is 11.7 Å². The van der Waals surface area contributed by atoms with Crippen LogP contribution in [-0.2, 0) is 16.0 Å². The van der Waals surface area contributed by atoms with Crippen molar-refractivity contribution in [2.24, 2.45) is 5.92 Å². The fourth-order valence-electron chi connectivity index (χ4n) is 4.75. The van der Waals surface area contributed by atoms with Crippen molar-refractivity contribution in [3.05, 3.63) is 120 Å². The Morgan fingerprint density at radius 2 is 1.53 bits per heavy atom. The van der Waals surface area contributed by atoms with E-state index >= 15 is 0 Å². The zero-order valence-electron chi connectivity index (χ0n) is 18.9. The average Bonchev–Trinajstić information content (AvgIpc) is 2.88. The molecule has 1 amide bonds. The van der Waals surface area contributed by atoms with Gasteiger partial charge >= 0.3 is 0 Å². The molecule has 0 fully saturated rings. The summed E-state index contributed by atoms with van der Waals surface area (Å²) in [4.78, 5) is 26.9. The van der Waals surface area contributed by atoms with E-state index in [2.05, 4.69) is 5.32 Å². The third-order valence-electron chi connectivity index (χ3n) is 6.38. The summed E-state index contributed by atoms with van der Waals surface area (Å²) in [7, 11) is 1.62. The Morgan fingerprint density at radius 3 is 2.26 bits per heavy atom. The van der Waals surface area contributed by atoms with E-state index in [0.29, 0.717) is 11.4 Å². The van der Waals surface area contributed by atoms with Crippen LogP contribution in [0.2, 0.25) is 0 Å². The van der Waals surface area contributed by atoms with E-state index in [1.54, 1.807) is 7.11 Å². The van der Waals surface area contributed by atoms with E-state index in [1.165, 1.54) is 0 Å². The number of nitrogens with one attached hydrogen (secondary N) is 1. The lowest BCUT2D eigenvalue weighted by Crippen LogP contribution is -2.42. The predicted molar refractivity (Wildman–Crippen MR) is 134 cm³/mol. The van der Waals surface area contributed by atoms with Crippen LogP contribution < -0.4 is 10.1 Å². The molecule has 168 valence electrons. The minimum absolute atomic E-state index is 0.0993. The first-order chi connectivity index (χ1) is 16.7. The molecule has 4 aromatic carbocycles. The van der Waals surface area contributed by atoms with Crippen molar-refractivity contribution < 1.29 is 14.3 Å². The van der Waals surface area contributed by atoms with Crippen LogP contribution in [0.5, 0.6) is 5.75 Å². The smallest absolute Gasteiger partial charge is 0.235 e. The van der Waals surface area contributed by atoms with Gasteiger partial charge in [0.15, 0.2) is 5.78 Å². The van der Waals surface area contributed by atoms with Crippen LogP contribution in [0.25, 0.3) is 16.5 Å². The molecule has 0 saturated carbocycles. The van der Waals surface area contributed by atoms with Crippen LogP contribution in [0.3, 0.4) is 0 Å². The number of hydrogen-bond acceptors (Lipinski definition) is 3. The summed E-state index contributed by atoms with van der Waals surface area (Å²) < 4.78 is 5.68. The molecule has 0 radical (unpaired) electrons. The van der Waals surface area contributed by atoms with Crippen molar-refractivity contribution in [2.45, 2.75) is 12.3 Å². The number of carbonyl (C=O) groups is 2. The molecule has 2 unspecified atom stereocenters. The number of fused-ring (bicyclic) bond motifs is 1. The molecule has 0 saturated heterocycles. The Balaban J connectivity index is 1.63. The Kier molecular flexibility index (Phi) is 5.96. The van der Waals surface area contributed by atoms with Crippen LogP contribution in [0.4, 0.5) is 0 Å². The monoisotopic (exact) mass is 447 g/mol. The number of rotatable bonds is 6. The molecule has 4 aromatic rings. The van der Waals surface area contributed by atoms with Gasteiger partial charge < -0.3 is 10.1 Å². The molecule has 0 aromatic heterocycles. The van der Waals surface area contributed by atoms with Gasteiger partial charge in [-0.3, -0.25) is 9.59 Å². The molecule has 1 aliphatic heterocycles. The number of allylic oxidation sites excluding steroid dienone is 1. The summed E-state index contributed by atoms with van der Waals surface area (Å²) in [5.74, 6) is -0.914. The molecule has 5 rings (SSSR count). The van der Waals surface area contributed by atoms with Crippen molar-refractivity contribution in [3.63, 3.8) is 0 Å². The third kappa shape index (κ3) is 4.11. The van der Waals surface area contributed by atoms with Crippen molar-refractivity contribution in [1.82, 2.24) is 5.32 Å². The lowest BCUT2D eigenvalue weighted by Gasteiger charge is -2.30. The van der Waals surface area contributed by atoms with Gasteiger partial charge in [-0.2, -0.15) is 0 Å².